The molecule has 1 aromatic carbocycles. The average molecular weight is 468 g/mol. The summed E-state index contributed by atoms with van der Waals surface area (Å²) in [5.41, 5.74) is 2.32. The Kier molecular flexibility index (Phi) is 7.83. The van der Waals surface area contributed by atoms with Gasteiger partial charge >= 0.3 is 0 Å². The Morgan fingerprint density at radius 3 is 2.65 bits per heavy atom. The van der Waals surface area contributed by atoms with Crippen molar-refractivity contribution < 1.29 is 9.15 Å². The number of nitrogens with zero attached hydrogens (tertiary/aromatic N) is 1. The number of hydrogen-bond acceptors (Lipinski definition) is 3. The Morgan fingerprint density at radius 1 is 1.15 bits per heavy atom. The molecule has 3 N–H and O–H groups in total. The summed E-state index contributed by atoms with van der Waals surface area (Å²) in [6, 6.07) is 9.91. The smallest absolute Gasteiger partial charge is 0.191 e. The molecule has 0 amide bonds. The zero-order valence-electron chi connectivity index (χ0n) is 15.0. The SMILES string of the molecule is CN=C(NCCc1ccco1)NCCc1c[nH]c2cccc(OC)c12.I. The molecule has 0 aliphatic heterocycles. The van der Waals surface area contributed by atoms with Crippen molar-refractivity contribution in [3.8, 4) is 5.75 Å². The summed E-state index contributed by atoms with van der Waals surface area (Å²) in [5.74, 6) is 2.65. The standard InChI is InChI=1S/C19H24N4O2.HI/c1-20-19(22-11-9-15-5-4-12-25-15)21-10-8-14-13-23-16-6-3-7-17(24-2)18(14)16;/h3-7,12-13,23H,8-11H2,1-2H3,(H2,20,21,22);1H. The molecule has 0 aliphatic carbocycles. The number of halogens is 1. The third kappa shape index (κ3) is 4.94. The van der Waals surface area contributed by atoms with Crippen LogP contribution in [0.5, 0.6) is 5.75 Å². The Labute approximate surface area is 170 Å². The Bertz CT molecular complexity index is 827. The van der Waals surface area contributed by atoms with Gasteiger partial charge in [-0.05, 0) is 36.2 Å². The largest absolute Gasteiger partial charge is 0.496 e. The summed E-state index contributed by atoms with van der Waals surface area (Å²) in [6.45, 7) is 1.56. The lowest BCUT2D eigenvalue weighted by molar-refractivity contribution is 0.419. The summed E-state index contributed by atoms with van der Waals surface area (Å²) in [5, 5.41) is 7.78. The van der Waals surface area contributed by atoms with Crippen LogP contribution in [0.1, 0.15) is 11.3 Å². The molecule has 6 nitrogen and oxygen atoms in total. The van der Waals surface area contributed by atoms with Crippen molar-refractivity contribution >= 4 is 40.8 Å². The number of guanidine groups is 1. The first-order chi connectivity index (χ1) is 12.3. The van der Waals surface area contributed by atoms with Crippen LogP contribution in [0.3, 0.4) is 0 Å². The third-order valence-corrected chi connectivity index (χ3v) is 4.12. The lowest BCUT2D eigenvalue weighted by Gasteiger charge is -2.11. The van der Waals surface area contributed by atoms with Crippen LogP contribution in [0, 0.1) is 0 Å². The molecule has 3 rings (SSSR count). The minimum absolute atomic E-state index is 0. The van der Waals surface area contributed by atoms with E-state index in [0.29, 0.717) is 0 Å². The number of furan rings is 1. The molecule has 0 saturated carbocycles. The van der Waals surface area contributed by atoms with Crippen molar-refractivity contribution in [1.29, 1.82) is 0 Å². The zero-order valence-corrected chi connectivity index (χ0v) is 17.4. The van der Waals surface area contributed by atoms with Crippen molar-refractivity contribution in [3.05, 3.63) is 54.1 Å². The Morgan fingerprint density at radius 2 is 1.96 bits per heavy atom. The van der Waals surface area contributed by atoms with Gasteiger partial charge in [0.25, 0.3) is 0 Å². The number of nitrogens with one attached hydrogen (secondary N) is 3. The second-order valence-corrected chi connectivity index (χ2v) is 5.70. The van der Waals surface area contributed by atoms with E-state index < -0.39 is 0 Å². The van der Waals surface area contributed by atoms with Crippen molar-refractivity contribution in [2.24, 2.45) is 4.99 Å². The van der Waals surface area contributed by atoms with Crippen LogP contribution in [0.25, 0.3) is 10.9 Å². The zero-order chi connectivity index (χ0) is 17.5. The normalized spacial score (nSPS) is 11.2. The van der Waals surface area contributed by atoms with Crippen molar-refractivity contribution in [2.75, 3.05) is 27.2 Å². The Balaban J connectivity index is 0.00000243. The number of fused-ring (bicyclic) bond motifs is 1. The summed E-state index contributed by atoms with van der Waals surface area (Å²) < 4.78 is 10.8. The van der Waals surface area contributed by atoms with Gasteiger partial charge in [0.1, 0.15) is 11.5 Å². The van der Waals surface area contributed by atoms with Crippen molar-refractivity contribution in [1.82, 2.24) is 15.6 Å². The predicted octanol–water partition coefficient (Wildman–Crippen LogP) is 3.34. The number of aromatic nitrogens is 1. The van der Waals surface area contributed by atoms with E-state index in [9.17, 15) is 0 Å². The second-order valence-electron chi connectivity index (χ2n) is 5.70. The number of hydrogen-bond donors (Lipinski definition) is 3. The topological polar surface area (TPSA) is 74.6 Å². The highest BCUT2D eigenvalue weighted by Gasteiger charge is 2.09. The van der Waals surface area contributed by atoms with E-state index in [1.54, 1.807) is 20.4 Å². The molecule has 0 spiro atoms. The molecule has 140 valence electrons. The van der Waals surface area contributed by atoms with Gasteiger partial charge in [-0.1, -0.05) is 6.07 Å². The van der Waals surface area contributed by atoms with E-state index in [0.717, 1.165) is 54.3 Å². The van der Waals surface area contributed by atoms with E-state index in [1.807, 2.05) is 30.5 Å². The second kappa shape index (κ2) is 10.1. The summed E-state index contributed by atoms with van der Waals surface area (Å²) in [4.78, 5) is 7.55. The van der Waals surface area contributed by atoms with E-state index >= 15 is 0 Å². The first kappa shape index (κ1) is 20.2. The van der Waals surface area contributed by atoms with Gasteiger partial charge < -0.3 is 24.8 Å². The van der Waals surface area contributed by atoms with E-state index in [-0.39, 0.29) is 24.0 Å². The molecule has 3 aromatic rings. The van der Waals surface area contributed by atoms with Crippen LogP contribution < -0.4 is 15.4 Å². The number of benzene rings is 1. The molecule has 2 heterocycles. The first-order valence-electron chi connectivity index (χ1n) is 8.41. The van der Waals surface area contributed by atoms with Crippen molar-refractivity contribution in [2.45, 2.75) is 12.8 Å². The fourth-order valence-electron chi connectivity index (χ4n) is 2.88. The molecule has 7 heteroatoms. The summed E-state index contributed by atoms with van der Waals surface area (Å²) >= 11 is 0. The van der Waals surface area contributed by atoms with E-state index in [1.165, 1.54) is 5.56 Å². The third-order valence-electron chi connectivity index (χ3n) is 4.12. The summed E-state index contributed by atoms with van der Waals surface area (Å²) in [7, 11) is 3.48. The minimum atomic E-state index is 0. The van der Waals surface area contributed by atoms with E-state index in [4.69, 9.17) is 9.15 Å². The van der Waals surface area contributed by atoms with Crippen LogP contribution in [0.4, 0.5) is 0 Å². The van der Waals surface area contributed by atoms with Crippen LogP contribution in [0.2, 0.25) is 0 Å². The molecular formula is C19H25IN4O2. The van der Waals surface area contributed by atoms with Gasteiger partial charge in [-0.2, -0.15) is 0 Å². The van der Waals surface area contributed by atoms with E-state index in [2.05, 4.69) is 26.7 Å². The highest BCUT2D eigenvalue weighted by atomic mass is 127. The van der Waals surface area contributed by atoms with Crippen LogP contribution >= 0.6 is 24.0 Å². The molecule has 2 aromatic heterocycles. The van der Waals surface area contributed by atoms with Gasteiger partial charge in [0.2, 0.25) is 0 Å². The maximum atomic E-state index is 5.48. The maximum absolute atomic E-state index is 5.48. The van der Waals surface area contributed by atoms with Crippen molar-refractivity contribution in [3.63, 3.8) is 0 Å². The molecular weight excluding hydrogens is 443 g/mol. The number of aromatic amines is 1. The van der Waals surface area contributed by atoms with Crippen LogP contribution in [-0.2, 0) is 12.8 Å². The molecule has 0 fully saturated rings. The molecule has 26 heavy (non-hydrogen) atoms. The Hall–Kier alpha value is -2.16. The molecule has 0 aliphatic rings. The van der Waals surface area contributed by atoms with Gasteiger partial charge in [-0.25, -0.2) is 0 Å². The lowest BCUT2D eigenvalue weighted by Crippen LogP contribution is -2.39. The van der Waals surface area contributed by atoms with Gasteiger partial charge in [0.15, 0.2) is 5.96 Å². The fraction of sp³-hybridized carbons (Fsp3) is 0.316. The fourth-order valence-corrected chi connectivity index (χ4v) is 2.88. The summed E-state index contributed by atoms with van der Waals surface area (Å²) in [6.07, 6.45) is 5.44. The molecule has 0 radical (unpaired) electrons. The van der Waals surface area contributed by atoms with Crippen LogP contribution in [0.15, 0.2) is 52.2 Å². The minimum Gasteiger partial charge on any atom is -0.496 e. The maximum Gasteiger partial charge on any atom is 0.191 e. The number of aliphatic imine (C=N–C) groups is 1. The predicted molar refractivity (Wildman–Crippen MR) is 116 cm³/mol. The van der Waals surface area contributed by atoms with Gasteiger partial charge in [-0.3, -0.25) is 4.99 Å². The van der Waals surface area contributed by atoms with Crippen LogP contribution in [-0.4, -0.2) is 38.2 Å². The van der Waals surface area contributed by atoms with Gasteiger partial charge in [-0.15, -0.1) is 24.0 Å². The number of methoxy groups -OCH3 is 1. The quantitative estimate of drug-likeness (QED) is 0.283. The highest BCUT2D eigenvalue weighted by molar-refractivity contribution is 14.0. The molecule has 0 saturated heterocycles. The first-order valence-corrected chi connectivity index (χ1v) is 8.41. The lowest BCUT2D eigenvalue weighted by atomic mass is 10.1. The monoisotopic (exact) mass is 468 g/mol. The number of ether oxygens (including phenoxy) is 1. The molecule has 0 atom stereocenters. The average Bonchev–Trinajstić information content (AvgIpc) is 3.30. The van der Waals surface area contributed by atoms with Gasteiger partial charge in [0, 0.05) is 43.7 Å². The number of H-pyrrole nitrogens is 1. The highest BCUT2D eigenvalue weighted by Crippen LogP contribution is 2.28. The van der Waals surface area contributed by atoms with Gasteiger partial charge in [0.05, 0.1) is 13.4 Å². The number of rotatable bonds is 7. The molecule has 0 bridgehead atoms. The molecule has 0 unspecified atom stereocenters.